The molecule has 2 aromatic rings. The van der Waals surface area contributed by atoms with Crippen LogP contribution in [-0.2, 0) is 26.2 Å². The summed E-state index contributed by atoms with van der Waals surface area (Å²) >= 11 is 3.41. The van der Waals surface area contributed by atoms with Gasteiger partial charge in [-0.15, -0.1) is 0 Å². The number of benzene rings is 2. The summed E-state index contributed by atoms with van der Waals surface area (Å²) in [7, 11) is -0.925. The minimum absolute atomic E-state index is 0.0962. The summed E-state index contributed by atoms with van der Waals surface area (Å²) in [4.78, 5) is 28.2. The van der Waals surface area contributed by atoms with Crippen molar-refractivity contribution in [3.8, 4) is 11.5 Å². The van der Waals surface area contributed by atoms with Gasteiger partial charge >= 0.3 is 0 Å². The number of hydrogen-bond acceptors (Lipinski definition) is 6. The normalized spacial score (nSPS) is 14.6. The van der Waals surface area contributed by atoms with E-state index in [-0.39, 0.29) is 24.2 Å². The predicted molar refractivity (Wildman–Crippen MR) is 146 cm³/mol. The van der Waals surface area contributed by atoms with Crippen molar-refractivity contribution in [3.63, 3.8) is 0 Å². The van der Waals surface area contributed by atoms with Crippen LogP contribution in [0.2, 0.25) is 0 Å². The molecule has 202 valence electrons. The quantitative estimate of drug-likeness (QED) is 0.424. The molecular formula is C26H34BrN3O6S. The van der Waals surface area contributed by atoms with Crippen LogP contribution in [0.4, 0.5) is 5.69 Å². The number of rotatable bonds is 11. The Hall–Kier alpha value is -2.79. The molecule has 3 rings (SSSR count). The van der Waals surface area contributed by atoms with Gasteiger partial charge in [-0.05, 0) is 49.6 Å². The number of anilines is 1. The molecule has 2 aromatic carbocycles. The van der Waals surface area contributed by atoms with E-state index >= 15 is 0 Å². The number of amides is 2. The number of ether oxygens (including phenoxy) is 2. The lowest BCUT2D eigenvalue weighted by Gasteiger charge is -2.32. The van der Waals surface area contributed by atoms with E-state index in [2.05, 4.69) is 21.2 Å². The number of sulfonamides is 1. The van der Waals surface area contributed by atoms with Gasteiger partial charge < -0.3 is 19.7 Å². The van der Waals surface area contributed by atoms with Crippen LogP contribution in [0, 0.1) is 0 Å². The van der Waals surface area contributed by atoms with Gasteiger partial charge in [0.05, 0.1) is 26.2 Å². The summed E-state index contributed by atoms with van der Waals surface area (Å²) in [6.07, 6.45) is 5.00. The van der Waals surface area contributed by atoms with Gasteiger partial charge in [-0.25, -0.2) is 8.42 Å². The summed E-state index contributed by atoms with van der Waals surface area (Å²) < 4.78 is 38.0. The van der Waals surface area contributed by atoms with E-state index in [1.54, 1.807) is 19.1 Å². The van der Waals surface area contributed by atoms with E-state index in [4.69, 9.17) is 9.47 Å². The minimum Gasteiger partial charge on any atom is -0.493 e. The van der Waals surface area contributed by atoms with Gasteiger partial charge in [0.15, 0.2) is 11.5 Å². The molecule has 0 bridgehead atoms. The van der Waals surface area contributed by atoms with Gasteiger partial charge in [0.1, 0.15) is 12.6 Å². The molecule has 37 heavy (non-hydrogen) atoms. The Kier molecular flexibility index (Phi) is 9.83. The maximum absolute atomic E-state index is 13.7. The first-order chi connectivity index (χ1) is 17.5. The Labute approximate surface area is 227 Å². The highest BCUT2D eigenvalue weighted by Crippen LogP contribution is 2.32. The van der Waals surface area contributed by atoms with Crippen LogP contribution in [0.15, 0.2) is 46.9 Å². The molecule has 9 nitrogen and oxygen atoms in total. The Balaban J connectivity index is 1.90. The van der Waals surface area contributed by atoms with Crippen molar-refractivity contribution in [2.75, 3.05) is 31.3 Å². The molecule has 1 atom stereocenters. The minimum atomic E-state index is -3.85. The highest BCUT2D eigenvalue weighted by atomic mass is 79.9. The summed E-state index contributed by atoms with van der Waals surface area (Å²) in [5, 5.41) is 3.05. The standard InChI is InChI=1S/C26H34BrN3O6S/c1-18(26(32)28-21-7-5-6-8-21)29(16-19-9-11-20(27)12-10-19)25(31)17-30(37(4,33)34)22-13-14-23(35-2)24(15-22)36-3/h9-15,18,21H,5-8,16-17H2,1-4H3,(H,28,32)/t18-/m1/s1. The summed E-state index contributed by atoms with van der Waals surface area (Å²) in [5.74, 6) is 0.00353. The molecule has 1 saturated carbocycles. The Bertz CT molecular complexity index is 1200. The predicted octanol–water partition coefficient (Wildman–Crippen LogP) is 3.71. The lowest BCUT2D eigenvalue weighted by molar-refractivity contribution is -0.139. The smallest absolute Gasteiger partial charge is 0.244 e. The second-order valence-electron chi connectivity index (χ2n) is 9.12. The van der Waals surface area contributed by atoms with E-state index in [0.29, 0.717) is 11.5 Å². The summed E-state index contributed by atoms with van der Waals surface area (Å²) in [6, 6.07) is 11.3. The molecule has 0 radical (unpaired) electrons. The second kappa shape index (κ2) is 12.6. The highest BCUT2D eigenvalue weighted by molar-refractivity contribution is 9.10. The Morgan fingerprint density at radius 3 is 2.24 bits per heavy atom. The zero-order valence-corrected chi connectivity index (χ0v) is 24.0. The number of hydrogen-bond donors (Lipinski definition) is 1. The van der Waals surface area contributed by atoms with Gasteiger partial charge in [-0.1, -0.05) is 40.9 Å². The zero-order valence-electron chi connectivity index (χ0n) is 21.6. The van der Waals surface area contributed by atoms with Crippen molar-refractivity contribution in [1.29, 1.82) is 0 Å². The molecule has 0 spiro atoms. The SMILES string of the molecule is COc1ccc(N(CC(=O)N(Cc2ccc(Br)cc2)[C@H](C)C(=O)NC2CCCC2)S(C)(=O)=O)cc1OC. The molecule has 1 N–H and O–H groups in total. The third kappa shape index (κ3) is 7.61. The van der Waals surface area contributed by atoms with Gasteiger partial charge in [0.2, 0.25) is 21.8 Å². The monoisotopic (exact) mass is 595 g/mol. The zero-order chi connectivity index (χ0) is 27.2. The summed E-state index contributed by atoms with van der Waals surface area (Å²) in [6.45, 7) is 1.34. The van der Waals surface area contributed by atoms with E-state index in [0.717, 1.165) is 46.3 Å². The third-order valence-electron chi connectivity index (χ3n) is 6.47. The van der Waals surface area contributed by atoms with Gasteiger partial charge in [-0.2, -0.15) is 0 Å². The first-order valence-corrected chi connectivity index (χ1v) is 14.7. The van der Waals surface area contributed by atoms with Gasteiger partial charge in [0.25, 0.3) is 0 Å². The molecular weight excluding hydrogens is 562 g/mol. The lowest BCUT2D eigenvalue weighted by Crippen LogP contribution is -2.52. The molecule has 0 aliphatic heterocycles. The molecule has 0 saturated heterocycles. The number of halogens is 1. The van der Waals surface area contributed by atoms with E-state index in [9.17, 15) is 18.0 Å². The average molecular weight is 597 g/mol. The number of carbonyl (C=O) groups is 2. The number of carbonyl (C=O) groups excluding carboxylic acids is 2. The Morgan fingerprint density at radius 2 is 1.68 bits per heavy atom. The third-order valence-corrected chi connectivity index (χ3v) is 8.14. The maximum Gasteiger partial charge on any atom is 0.244 e. The highest BCUT2D eigenvalue weighted by Gasteiger charge is 2.31. The second-order valence-corrected chi connectivity index (χ2v) is 11.9. The van der Waals surface area contributed by atoms with Crippen LogP contribution < -0.4 is 19.1 Å². The first-order valence-electron chi connectivity index (χ1n) is 12.1. The number of nitrogens with one attached hydrogen (secondary N) is 1. The topological polar surface area (TPSA) is 105 Å². The largest absolute Gasteiger partial charge is 0.493 e. The van der Waals surface area contributed by atoms with Crippen molar-refractivity contribution in [3.05, 3.63) is 52.5 Å². The van der Waals surface area contributed by atoms with Crippen molar-refractivity contribution in [2.24, 2.45) is 0 Å². The maximum atomic E-state index is 13.7. The molecule has 0 unspecified atom stereocenters. The molecule has 1 fully saturated rings. The molecule has 0 aromatic heterocycles. The van der Waals surface area contributed by atoms with Crippen molar-refractivity contribution in [1.82, 2.24) is 10.2 Å². The van der Waals surface area contributed by atoms with Gasteiger partial charge in [-0.3, -0.25) is 13.9 Å². The molecule has 1 aliphatic carbocycles. The van der Waals surface area contributed by atoms with Crippen LogP contribution in [0.1, 0.15) is 38.2 Å². The fraction of sp³-hybridized carbons (Fsp3) is 0.462. The Morgan fingerprint density at radius 1 is 1.05 bits per heavy atom. The van der Waals surface area contributed by atoms with Crippen molar-refractivity contribution in [2.45, 2.75) is 51.2 Å². The van der Waals surface area contributed by atoms with Crippen LogP contribution in [0.5, 0.6) is 11.5 Å². The fourth-order valence-corrected chi connectivity index (χ4v) is 5.46. The fourth-order valence-electron chi connectivity index (χ4n) is 4.35. The van der Waals surface area contributed by atoms with Crippen LogP contribution >= 0.6 is 15.9 Å². The van der Waals surface area contributed by atoms with E-state index in [1.807, 2.05) is 24.3 Å². The summed E-state index contributed by atoms with van der Waals surface area (Å²) in [5.41, 5.74) is 1.06. The number of methoxy groups -OCH3 is 2. The molecule has 0 heterocycles. The van der Waals surface area contributed by atoms with Crippen LogP contribution in [-0.4, -0.2) is 64.2 Å². The molecule has 11 heteroatoms. The number of nitrogens with zero attached hydrogens (tertiary/aromatic N) is 2. The van der Waals surface area contributed by atoms with Crippen molar-refractivity contribution >= 4 is 43.5 Å². The van der Waals surface area contributed by atoms with Crippen LogP contribution in [0.3, 0.4) is 0 Å². The molecule has 1 aliphatic rings. The average Bonchev–Trinajstić information content (AvgIpc) is 3.38. The lowest BCUT2D eigenvalue weighted by atomic mass is 10.1. The first kappa shape index (κ1) is 28.8. The van der Waals surface area contributed by atoms with Gasteiger partial charge in [0, 0.05) is 23.1 Å². The van der Waals surface area contributed by atoms with E-state index in [1.165, 1.54) is 25.2 Å². The molecule has 2 amide bonds. The van der Waals surface area contributed by atoms with E-state index < -0.39 is 28.5 Å². The van der Waals surface area contributed by atoms with Crippen molar-refractivity contribution < 1.29 is 27.5 Å². The van der Waals surface area contributed by atoms with Crippen LogP contribution in [0.25, 0.3) is 0 Å².